The normalized spacial score (nSPS) is 10.8. The fourth-order valence-electron chi connectivity index (χ4n) is 3.41. The van der Waals surface area contributed by atoms with Crippen molar-refractivity contribution < 1.29 is 14.0 Å². The maximum absolute atomic E-state index is 13.0. The minimum Gasteiger partial charge on any atom is -0.467 e. The summed E-state index contributed by atoms with van der Waals surface area (Å²) < 4.78 is 7.25. The van der Waals surface area contributed by atoms with E-state index in [9.17, 15) is 9.59 Å². The largest absolute Gasteiger partial charge is 0.467 e. The summed E-state index contributed by atoms with van der Waals surface area (Å²) in [5, 5.41) is 11.9. The lowest BCUT2D eigenvalue weighted by Crippen LogP contribution is -2.31. The van der Waals surface area contributed by atoms with Crippen LogP contribution in [0, 0.1) is 6.92 Å². The first kappa shape index (κ1) is 23.3. The van der Waals surface area contributed by atoms with E-state index >= 15 is 0 Å². The second kappa shape index (κ2) is 10.8. The van der Waals surface area contributed by atoms with E-state index in [0.29, 0.717) is 28.7 Å². The van der Waals surface area contributed by atoms with E-state index in [4.69, 9.17) is 4.42 Å². The molecule has 0 spiro atoms. The molecule has 174 valence electrons. The zero-order valence-corrected chi connectivity index (χ0v) is 19.8. The van der Waals surface area contributed by atoms with Gasteiger partial charge < -0.3 is 19.2 Å². The van der Waals surface area contributed by atoms with Gasteiger partial charge in [0.15, 0.2) is 5.16 Å². The second-order valence-corrected chi connectivity index (χ2v) is 8.56. The Kier molecular flexibility index (Phi) is 7.44. The molecule has 2 heterocycles. The topological polar surface area (TPSA) is 93.3 Å². The van der Waals surface area contributed by atoms with Gasteiger partial charge in [0.2, 0.25) is 5.91 Å². The fourth-order valence-corrected chi connectivity index (χ4v) is 4.30. The second-order valence-electron chi connectivity index (χ2n) is 7.62. The average molecular weight is 476 g/mol. The van der Waals surface area contributed by atoms with Gasteiger partial charge in [-0.05, 0) is 36.8 Å². The maximum Gasteiger partial charge on any atom is 0.253 e. The van der Waals surface area contributed by atoms with Gasteiger partial charge in [0.25, 0.3) is 5.91 Å². The molecule has 0 fully saturated rings. The van der Waals surface area contributed by atoms with Crippen molar-refractivity contribution in [2.24, 2.45) is 0 Å². The number of benzene rings is 2. The molecule has 34 heavy (non-hydrogen) atoms. The number of amides is 2. The highest BCUT2D eigenvalue weighted by molar-refractivity contribution is 7.99. The van der Waals surface area contributed by atoms with Crippen LogP contribution in [0.3, 0.4) is 0 Å². The molecule has 8 nitrogen and oxygen atoms in total. The predicted octanol–water partition coefficient (Wildman–Crippen LogP) is 3.91. The number of nitrogens with one attached hydrogen (secondary N) is 1. The number of carbonyl (C=O) groups excluding carboxylic acids is 2. The Labute approximate surface area is 202 Å². The van der Waals surface area contributed by atoms with Gasteiger partial charge >= 0.3 is 0 Å². The van der Waals surface area contributed by atoms with Crippen LogP contribution in [-0.2, 0) is 17.9 Å². The molecule has 9 heteroatoms. The van der Waals surface area contributed by atoms with Crippen LogP contribution in [0.15, 0.2) is 82.6 Å². The van der Waals surface area contributed by atoms with Crippen molar-refractivity contribution in [2.75, 3.05) is 17.7 Å². The van der Waals surface area contributed by atoms with Crippen molar-refractivity contribution in [1.82, 2.24) is 20.1 Å². The smallest absolute Gasteiger partial charge is 0.253 e. The Hall–Kier alpha value is -3.85. The minimum atomic E-state index is -0.280. The Morgan fingerprint density at radius 1 is 1.03 bits per heavy atom. The van der Waals surface area contributed by atoms with Crippen molar-refractivity contribution in [1.29, 1.82) is 0 Å². The number of aryl methyl sites for hydroxylation is 1. The first-order valence-corrected chi connectivity index (χ1v) is 11.7. The van der Waals surface area contributed by atoms with Crippen LogP contribution in [-0.4, -0.2) is 39.4 Å². The van der Waals surface area contributed by atoms with Gasteiger partial charge in [0.1, 0.15) is 11.6 Å². The van der Waals surface area contributed by atoms with Crippen LogP contribution < -0.4 is 10.2 Å². The van der Waals surface area contributed by atoms with Crippen LogP contribution in [0.25, 0.3) is 0 Å². The predicted molar refractivity (Wildman–Crippen MR) is 131 cm³/mol. The number of aromatic nitrogens is 3. The molecule has 0 saturated heterocycles. The lowest BCUT2D eigenvalue weighted by Gasteiger charge is -2.20. The number of hydrogen-bond acceptors (Lipinski definition) is 6. The molecular formula is C25H25N5O3S. The Balaban J connectivity index is 1.42. The number of hydrogen-bond donors (Lipinski definition) is 1. The Bertz CT molecular complexity index is 1250. The van der Waals surface area contributed by atoms with Crippen molar-refractivity contribution in [3.8, 4) is 0 Å². The number of carbonyl (C=O) groups is 2. The third-order valence-corrected chi connectivity index (χ3v) is 6.25. The molecule has 4 aromatic rings. The van der Waals surface area contributed by atoms with Crippen LogP contribution in [0.4, 0.5) is 5.69 Å². The molecule has 2 aromatic carbocycles. The highest BCUT2D eigenvalue weighted by atomic mass is 32.2. The van der Waals surface area contributed by atoms with Gasteiger partial charge in [-0.25, -0.2) is 0 Å². The number of furan rings is 1. The standard InChI is InChI=1S/C25H25N5O3S/c1-18-27-28-25(30(18)16-19-9-4-3-5-10-19)34-17-23(31)29(2)22-13-7-6-12-21(22)24(32)26-15-20-11-8-14-33-20/h3-14H,15-17H2,1-2H3,(H,26,32). The van der Waals surface area contributed by atoms with Gasteiger partial charge in [0.05, 0.1) is 36.4 Å². The highest BCUT2D eigenvalue weighted by Crippen LogP contribution is 2.23. The molecule has 0 aliphatic rings. The molecular weight excluding hydrogens is 450 g/mol. The van der Waals surface area contributed by atoms with Crippen molar-refractivity contribution in [3.63, 3.8) is 0 Å². The first-order valence-electron chi connectivity index (χ1n) is 10.8. The van der Waals surface area contributed by atoms with Gasteiger partial charge in [0, 0.05) is 7.05 Å². The molecule has 0 aliphatic heterocycles. The number of nitrogens with zero attached hydrogens (tertiary/aromatic N) is 4. The summed E-state index contributed by atoms with van der Waals surface area (Å²) in [7, 11) is 1.67. The fraction of sp³-hybridized carbons (Fsp3) is 0.200. The lowest BCUT2D eigenvalue weighted by atomic mass is 10.1. The van der Waals surface area contributed by atoms with Crippen LogP contribution >= 0.6 is 11.8 Å². The van der Waals surface area contributed by atoms with Gasteiger partial charge in [-0.3, -0.25) is 9.59 Å². The third kappa shape index (κ3) is 5.55. The van der Waals surface area contributed by atoms with E-state index in [0.717, 1.165) is 11.4 Å². The van der Waals surface area contributed by atoms with Crippen LogP contribution in [0.2, 0.25) is 0 Å². The van der Waals surface area contributed by atoms with E-state index in [1.807, 2.05) is 41.8 Å². The Morgan fingerprint density at radius 2 is 1.79 bits per heavy atom. The van der Waals surface area contributed by atoms with E-state index in [2.05, 4.69) is 15.5 Å². The minimum absolute atomic E-state index is 0.150. The summed E-state index contributed by atoms with van der Waals surface area (Å²) >= 11 is 1.33. The monoisotopic (exact) mass is 475 g/mol. The average Bonchev–Trinajstić information content (AvgIpc) is 3.51. The Morgan fingerprint density at radius 3 is 2.56 bits per heavy atom. The van der Waals surface area contributed by atoms with E-state index in [1.54, 1.807) is 49.7 Å². The van der Waals surface area contributed by atoms with Crippen LogP contribution in [0.5, 0.6) is 0 Å². The van der Waals surface area contributed by atoms with Crippen molar-refractivity contribution in [3.05, 3.63) is 95.7 Å². The van der Waals surface area contributed by atoms with Gasteiger partial charge in [-0.2, -0.15) is 0 Å². The molecule has 0 radical (unpaired) electrons. The molecule has 1 N–H and O–H groups in total. The molecule has 0 saturated carbocycles. The molecule has 0 unspecified atom stereocenters. The van der Waals surface area contributed by atoms with E-state index in [1.165, 1.54) is 16.7 Å². The summed E-state index contributed by atoms with van der Waals surface area (Å²) in [5.41, 5.74) is 2.08. The quantitative estimate of drug-likeness (QED) is 0.369. The summed E-state index contributed by atoms with van der Waals surface area (Å²) in [6.45, 7) is 2.79. The first-order chi connectivity index (χ1) is 16.5. The van der Waals surface area contributed by atoms with Crippen LogP contribution in [0.1, 0.15) is 27.5 Å². The molecule has 4 rings (SSSR count). The lowest BCUT2D eigenvalue weighted by molar-refractivity contribution is -0.115. The molecule has 0 atom stereocenters. The zero-order valence-electron chi connectivity index (χ0n) is 19.0. The van der Waals surface area contributed by atoms with Gasteiger partial charge in [-0.15, -0.1) is 10.2 Å². The summed E-state index contributed by atoms with van der Waals surface area (Å²) in [6, 6.07) is 20.6. The highest BCUT2D eigenvalue weighted by Gasteiger charge is 2.20. The van der Waals surface area contributed by atoms with Gasteiger partial charge in [-0.1, -0.05) is 54.2 Å². The molecule has 2 aromatic heterocycles. The molecule has 0 aliphatic carbocycles. The number of anilines is 1. The van der Waals surface area contributed by atoms with Crippen molar-refractivity contribution in [2.45, 2.75) is 25.2 Å². The maximum atomic E-state index is 13.0. The number of rotatable bonds is 9. The van der Waals surface area contributed by atoms with E-state index in [-0.39, 0.29) is 24.1 Å². The number of para-hydroxylation sites is 1. The SMILES string of the molecule is Cc1nnc(SCC(=O)N(C)c2ccccc2C(=O)NCc2ccco2)n1Cc1ccccc1. The summed E-state index contributed by atoms with van der Waals surface area (Å²) in [5.74, 6) is 1.17. The van der Waals surface area contributed by atoms with E-state index < -0.39 is 0 Å². The zero-order chi connectivity index (χ0) is 23.9. The third-order valence-electron chi connectivity index (χ3n) is 5.30. The molecule has 0 bridgehead atoms. The summed E-state index contributed by atoms with van der Waals surface area (Å²) in [6.07, 6.45) is 1.56. The number of thioether (sulfide) groups is 1. The summed E-state index contributed by atoms with van der Waals surface area (Å²) in [4.78, 5) is 27.3. The molecule has 2 amide bonds. The van der Waals surface area contributed by atoms with Crippen molar-refractivity contribution >= 4 is 29.3 Å².